The SMILES string of the molecule is CCCCCC/C=C/CC/C=C/CCCC(O)C(O)C(COC1OC(CO)C(O)C(O)C1O)NC(=O)C(O)CCCCCCCCCCCCCCCCCCCCCCCCCCCCCCCCCC. The van der Waals surface area contributed by atoms with E-state index in [0.717, 1.165) is 38.5 Å². The lowest BCUT2D eigenvalue weighted by atomic mass is 9.98. The summed E-state index contributed by atoms with van der Waals surface area (Å²) in [4.78, 5) is 13.2. The number of amides is 1. The minimum absolute atomic E-state index is 0.248. The number of rotatable bonds is 53. The van der Waals surface area contributed by atoms with Gasteiger partial charge in [-0.3, -0.25) is 4.79 Å². The molecule has 9 unspecified atom stereocenters. The van der Waals surface area contributed by atoms with Crippen molar-refractivity contribution in [3.8, 4) is 0 Å². The number of hydrogen-bond donors (Lipinski definition) is 8. The summed E-state index contributed by atoms with van der Waals surface area (Å²) in [6.45, 7) is 3.43. The maximum Gasteiger partial charge on any atom is 0.249 e. The van der Waals surface area contributed by atoms with E-state index in [4.69, 9.17) is 9.47 Å². The number of aliphatic hydroxyl groups excluding tert-OH is 7. The van der Waals surface area contributed by atoms with Gasteiger partial charge in [0.2, 0.25) is 5.91 Å². The van der Waals surface area contributed by atoms with E-state index in [1.165, 1.54) is 205 Å². The summed E-state index contributed by atoms with van der Waals surface area (Å²) in [5.41, 5.74) is 0. The van der Waals surface area contributed by atoms with Crippen LogP contribution in [0.2, 0.25) is 0 Å². The second-order valence-corrected chi connectivity index (χ2v) is 21.8. The van der Waals surface area contributed by atoms with Crippen LogP contribution in [0.15, 0.2) is 24.3 Å². The number of carbonyl (C=O) groups is 1. The van der Waals surface area contributed by atoms with Crippen molar-refractivity contribution in [2.75, 3.05) is 13.2 Å². The fourth-order valence-electron chi connectivity index (χ4n) is 9.99. The Bertz CT molecular complexity index is 1220. The van der Waals surface area contributed by atoms with Crippen LogP contribution in [0.3, 0.4) is 0 Å². The van der Waals surface area contributed by atoms with Crippen molar-refractivity contribution in [1.82, 2.24) is 5.32 Å². The Morgan fingerprint density at radius 3 is 1.24 bits per heavy atom. The van der Waals surface area contributed by atoms with Gasteiger partial charge < -0.3 is 50.5 Å². The Hall–Kier alpha value is -1.41. The molecule has 1 fully saturated rings. The summed E-state index contributed by atoms with van der Waals surface area (Å²) in [7, 11) is 0. The van der Waals surface area contributed by atoms with Gasteiger partial charge in [-0.25, -0.2) is 0 Å². The number of hydrogen-bond acceptors (Lipinski definition) is 10. The lowest BCUT2D eigenvalue weighted by Gasteiger charge is -2.40. The average molecular weight is 1020 g/mol. The van der Waals surface area contributed by atoms with Crippen LogP contribution in [0.4, 0.5) is 0 Å². The molecule has 0 aromatic rings. The van der Waals surface area contributed by atoms with Crippen LogP contribution >= 0.6 is 0 Å². The van der Waals surface area contributed by atoms with Crippen molar-refractivity contribution >= 4 is 5.91 Å². The third kappa shape index (κ3) is 38.2. The van der Waals surface area contributed by atoms with Crippen LogP contribution in [0.25, 0.3) is 0 Å². The van der Waals surface area contributed by atoms with Crippen LogP contribution in [-0.4, -0.2) is 110 Å². The van der Waals surface area contributed by atoms with Crippen molar-refractivity contribution in [1.29, 1.82) is 0 Å². The van der Waals surface area contributed by atoms with Crippen LogP contribution in [0, 0.1) is 0 Å². The molecule has 1 aliphatic rings. The third-order valence-corrected chi connectivity index (χ3v) is 15.0. The first kappa shape index (κ1) is 68.6. The lowest BCUT2D eigenvalue weighted by Crippen LogP contribution is -2.60. The maximum absolute atomic E-state index is 13.2. The zero-order chi connectivity index (χ0) is 52.5. The van der Waals surface area contributed by atoms with E-state index in [-0.39, 0.29) is 12.8 Å². The largest absolute Gasteiger partial charge is 0.394 e. The molecule has 1 amide bonds. The zero-order valence-corrected chi connectivity index (χ0v) is 46.7. The Labute approximate surface area is 442 Å². The van der Waals surface area contributed by atoms with Gasteiger partial charge in [0.15, 0.2) is 6.29 Å². The van der Waals surface area contributed by atoms with Gasteiger partial charge in [0.05, 0.1) is 25.4 Å². The summed E-state index contributed by atoms with van der Waals surface area (Å²) >= 11 is 0. The highest BCUT2D eigenvalue weighted by atomic mass is 16.7. The molecule has 0 radical (unpaired) electrons. The first-order valence-corrected chi connectivity index (χ1v) is 30.7. The van der Waals surface area contributed by atoms with E-state index in [0.29, 0.717) is 19.3 Å². The number of ether oxygens (including phenoxy) is 2. The molecule has 426 valence electrons. The van der Waals surface area contributed by atoms with Crippen LogP contribution < -0.4 is 5.32 Å². The van der Waals surface area contributed by atoms with Gasteiger partial charge in [-0.05, 0) is 51.4 Å². The van der Waals surface area contributed by atoms with E-state index in [9.17, 15) is 40.5 Å². The Kier molecular flexibility index (Phi) is 48.0. The quantitative estimate of drug-likeness (QED) is 0.0215. The monoisotopic (exact) mass is 1020 g/mol. The van der Waals surface area contributed by atoms with E-state index >= 15 is 0 Å². The molecule has 11 nitrogen and oxygen atoms in total. The van der Waals surface area contributed by atoms with E-state index in [1.54, 1.807) is 0 Å². The molecular weight excluding hydrogens is 907 g/mol. The van der Waals surface area contributed by atoms with Crippen LogP contribution in [-0.2, 0) is 14.3 Å². The molecule has 0 bridgehead atoms. The molecule has 11 heteroatoms. The second kappa shape index (κ2) is 50.4. The standard InChI is InChI=1S/C61H117NO10/c1-3-5-7-9-11-13-15-17-18-19-20-21-22-23-24-25-26-27-28-29-30-31-32-33-34-35-37-39-41-43-45-47-49-54(65)60(70)62-52(51-71-61-59(69)58(68)57(67)55(50-63)72-61)56(66)53(64)48-46-44-42-40-38-36-16-14-12-10-8-6-4-2/h14,16,40,42,52-59,61,63-69H,3-13,15,17-39,41,43-51H2,1-2H3,(H,62,70)/b16-14+,42-40+. The molecule has 1 aliphatic heterocycles. The number of unbranched alkanes of at least 4 members (excludes halogenated alkanes) is 37. The van der Waals surface area contributed by atoms with Gasteiger partial charge in [0.1, 0.15) is 36.6 Å². The minimum atomic E-state index is -1.67. The molecule has 9 atom stereocenters. The van der Waals surface area contributed by atoms with Gasteiger partial charge in [-0.2, -0.15) is 0 Å². The van der Waals surface area contributed by atoms with Gasteiger partial charge in [-0.15, -0.1) is 0 Å². The van der Waals surface area contributed by atoms with E-state index < -0.39 is 74.2 Å². The molecule has 0 saturated carbocycles. The zero-order valence-electron chi connectivity index (χ0n) is 46.7. The van der Waals surface area contributed by atoms with Crippen LogP contribution in [0.1, 0.15) is 290 Å². The average Bonchev–Trinajstić information content (AvgIpc) is 3.38. The maximum atomic E-state index is 13.2. The second-order valence-electron chi connectivity index (χ2n) is 21.8. The predicted octanol–water partition coefficient (Wildman–Crippen LogP) is 13.3. The summed E-state index contributed by atoms with van der Waals surface area (Å²) in [6, 6.07) is -1.19. The minimum Gasteiger partial charge on any atom is -0.394 e. The highest BCUT2D eigenvalue weighted by molar-refractivity contribution is 5.80. The Balaban J connectivity index is 2.18. The first-order chi connectivity index (χ1) is 35.2. The molecule has 0 spiro atoms. The smallest absolute Gasteiger partial charge is 0.249 e. The molecule has 0 aromatic carbocycles. The predicted molar refractivity (Wildman–Crippen MR) is 298 cm³/mol. The molecule has 8 N–H and O–H groups in total. The van der Waals surface area contributed by atoms with Gasteiger partial charge in [-0.1, -0.05) is 263 Å². The molecular formula is C61H117NO10. The van der Waals surface area contributed by atoms with Gasteiger partial charge >= 0.3 is 0 Å². The normalized spacial score (nSPS) is 20.2. The van der Waals surface area contributed by atoms with Crippen molar-refractivity contribution in [3.63, 3.8) is 0 Å². The molecule has 0 aromatic heterocycles. The highest BCUT2D eigenvalue weighted by Gasteiger charge is 2.44. The molecule has 1 rings (SSSR count). The summed E-state index contributed by atoms with van der Waals surface area (Å²) in [5, 5.41) is 76.0. The molecule has 72 heavy (non-hydrogen) atoms. The van der Waals surface area contributed by atoms with Crippen molar-refractivity contribution in [2.24, 2.45) is 0 Å². The van der Waals surface area contributed by atoms with Crippen molar-refractivity contribution < 1.29 is 50.0 Å². The van der Waals surface area contributed by atoms with Gasteiger partial charge in [0.25, 0.3) is 0 Å². The highest BCUT2D eigenvalue weighted by Crippen LogP contribution is 2.23. The summed E-state index contributed by atoms with van der Waals surface area (Å²) in [6.07, 6.45) is 49.9. The molecule has 0 aliphatic carbocycles. The molecule has 1 heterocycles. The number of carbonyl (C=O) groups excluding carboxylic acids is 1. The number of nitrogens with one attached hydrogen (secondary N) is 1. The van der Waals surface area contributed by atoms with Crippen molar-refractivity contribution in [2.45, 2.75) is 345 Å². The van der Waals surface area contributed by atoms with Gasteiger partial charge in [0, 0.05) is 0 Å². The number of aliphatic hydroxyl groups is 7. The van der Waals surface area contributed by atoms with Crippen LogP contribution in [0.5, 0.6) is 0 Å². The third-order valence-electron chi connectivity index (χ3n) is 15.0. The van der Waals surface area contributed by atoms with Crippen molar-refractivity contribution in [3.05, 3.63) is 24.3 Å². The Morgan fingerprint density at radius 2 is 0.833 bits per heavy atom. The fraction of sp³-hybridized carbons (Fsp3) is 0.918. The molecule has 1 saturated heterocycles. The lowest BCUT2D eigenvalue weighted by molar-refractivity contribution is -0.303. The summed E-state index contributed by atoms with van der Waals surface area (Å²) in [5.74, 6) is -0.706. The fourth-order valence-corrected chi connectivity index (χ4v) is 9.99. The Morgan fingerprint density at radius 1 is 0.472 bits per heavy atom. The summed E-state index contributed by atoms with van der Waals surface area (Å²) < 4.78 is 11.1. The van der Waals surface area contributed by atoms with E-state index in [2.05, 4.69) is 43.5 Å². The topological polar surface area (TPSA) is 189 Å². The first-order valence-electron chi connectivity index (χ1n) is 30.7. The number of allylic oxidation sites excluding steroid dienone is 4. The van der Waals surface area contributed by atoms with E-state index in [1.807, 2.05) is 0 Å².